The maximum atomic E-state index is 5.28. The lowest BCUT2D eigenvalue weighted by Gasteiger charge is -2.21. The Morgan fingerprint density at radius 1 is 1.33 bits per heavy atom. The smallest absolute Gasteiger partial charge is 0.130 e. The van der Waals surface area contributed by atoms with Gasteiger partial charge in [-0.15, -0.1) is 0 Å². The summed E-state index contributed by atoms with van der Waals surface area (Å²) in [6, 6.07) is 9.08. The van der Waals surface area contributed by atoms with Gasteiger partial charge in [0.05, 0.1) is 12.6 Å². The summed E-state index contributed by atoms with van der Waals surface area (Å²) in [5.41, 5.74) is 2.24. The van der Waals surface area contributed by atoms with Gasteiger partial charge in [0.1, 0.15) is 11.6 Å². The molecule has 0 spiro atoms. The quantitative estimate of drug-likeness (QED) is 0.884. The highest BCUT2D eigenvalue weighted by molar-refractivity contribution is 5.83. The van der Waals surface area contributed by atoms with Crippen LogP contribution in [0.2, 0.25) is 0 Å². The van der Waals surface area contributed by atoms with E-state index >= 15 is 0 Å². The van der Waals surface area contributed by atoms with Crippen LogP contribution in [0.3, 0.4) is 0 Å². The second-order valence-electron chi connectivity index (χ2n) is 5.60. The van der Waals surface area contributed by atoms with Crippen molar-refractivity contribution in [3.63, 3.8) is 0 Å². The third kappa shape index (κ3) is 2.95. The minimum Gasteiger partial charge on any atom is -0.497 e. The first kappa shape index (κ1) is 14.1. The zero-order chi connectivity index (χ0) is 14.8. The Morgan fingerprint density at radius 3 is 2.76 bits per heavy atom. The Morgan fingerprint density at radius 2 is 2.14 bits per heavy atom. The van der Waals surface area contributed by atoms with E-state index in [-0.39, 0.29) is 0 Å². The van der Waals surface area contributed by atoms with Crippen LogP contribution < -0.4 is 10.1 Å². The average Bonchev–Trinajstić information content (AvgIpc) is 3.35. The number of pyridine rings is 1. The summed E-state index contributed by atoms with van der Waals surface area (Å²) in [5.74, 6) is 1.81. The van der Waals surface area contributed by atoms with E-state index in [2.05, 4.69) is 29.3 Å². The molecule has 0 radical (unpaired) electrons. The number of methoxy groups -OCH3 is 1. The Bertz CT molecular complexity index is 637. The molecule has 1 aliphatic carbocycles. The largest absolute Gasteiger partial charge is 0.497 e. The number of anilines is 1. The van der Waals surface area contributed by atoms with Crippen LogP contribution in [0.15, 0.2) is 24.3 Å². The van der Waals surface area contributed by atoms with Crippen molar-refractivity contribution >= 4 is 16.7 Å². The molecule has 112 valence electrons. The number of rotatable bonds is 6. The van der Waals surface area contributed by atoms with Crippen molar-refractivity contribution in [3.05, 3.63) is 29.8 Å². The van der Waals surface area contributed by atoms with E-state index in [1.165, 1.54) is 18.4 Å². The Labute approximate surface area is 126 Å². The molecule has 0 atom stereocenters. The SMILES string of the molecule is CCN(Cc1cc2ccc(OC)cc2nc1NC)C1CC1. The Kier molecular flexibility index (Phi) is 3.97. The normalized spacial score (nSPS) is 14.7. The molecule has 0 saturated heterocycles. The zero-order valence-corrected chi connectivity index (χ0v) is 13.0. The van der Waals surface area contributed by atoms with Crippen molar-refractivity contribution in [3.8, 4) is 5.75 Å². The topological polar surface area (TPSA) is 37.4 Å². The molecule has 2 aromatic rings. The highest BCUT2D eigenvalue weighted by Crippen LogP contribution is 2.30. The number of hydrogen-bond acceptors (Lipinski definition) is 4. The molecule has 1 N–H and O–H groups in total. The van der Waals surface area contributed by atoms with Crippen LogP contribution in [0.5, 0.6) is 5.75 Å². The summed E-state index contributed by atoms with van der Waals surface area (Å²) in [7, 11) is 3.62. The van der Waals surface area contributed by atoms with Crippen LogP contribution in [0.4, 0.5) is 5.82 Å². The first-order valence-corrected chi connectivity index (χ1v) is 7.64. The van der Waals surface area contributed by atoms with Crippen LogP contribution >= 0.6 is 0 Å². The van der Waals surface area contributed by atoms with E-state index in [4.69, 9.17) is 9.72 Å². The number of aromatic nitrogens is 1. The molecule has 1 saturated carbocycles. The third-order valence-electron chi connectivity index (χ3n) is 4.18. The fraction of sp³-hybridized carbons (Fsp3) is 0.471. The van der Waals surface area contributed by atoms with Gasteiger partial charge in [-0.3, -0.25) is 4.90 Å². The molecular weight excluding hydrogens is 262 g/mol. The maximum absolute atomic E-state index is 5.28. The lowest BCUT2D eigenvalue weighted by atomic mass is 10.1. The van der Waals surface area contributed by atoms with E-state index in [0.717, 1.165) is 41.6 Å². The van der Waals surface area contributed by atoms with Gasteiger partial charge < -0.3 is 10.1 Å². The predicted octanol–water partition coefficient (Wildman–Crippen LogP) is 3.27. The summed E-state index contributed by atoms with van der Waals surface area (Å²) in [4.78, 5) is 7.29. The van der Waals surface area contributed by atoms with Crippen LogP contribution in [0.1, 0.15) is 25.3 Å². The average molecular weight is 285 g/mol. The van der Waals surface area contributed by atoms with E-state index in [1.807, 2.05) is 19.2 Å². The summed E-state index contributed by atoms with van der Waals surface area (Å²) in [6.45, 7) is 4.29. The first-order valence-electron chi connectivity index (χ1n) is 7.64. The minimum atomic E-state index is 0.770. The van der Waals surface area contributed by atoms with Crippen molar-refractivity contribution in [1.29, 1.82) is 0 Å². The van der Waals surface area contributed by atoms with Crippen LogP contribution in [-0.4, -0.2) is 36.6 Å². The highest BCUT2D eigenvalue weighted by Gasteiger charge is 2.28. The lowest BCUT2D eigenvalue weighted by Crippen LogP contribution is -2.25. The van der Waals surface area contributed by atoms with Crippen molar-refractivity contribution in [1.82, 2.24) is 9.88 Å². The molecule has 1 aromatic heterocycles. The summed E-state index contributed by atoms with van der Waals surface area (Å²) < 4.78 is 5.28. The molecule has 3 rings (SSSR count). The number of benzene rings is 1. The zero-order valence-electron chi connectivity index (χ0n) is 13.0. The van der Waals surface area contributed by atoms with Crippen molar-refractivity contribution in [2.45, 2.75) is 32.4 Å². The molecule has 0 amide bonds. The van der Waals surface area contributed by atoms with Crippen molar-refractivity contribution in [2.24, 2.45) is 0 Å². The second-order valence-corrected chi connectivity index (χ2v) is 5.60. The maximum Gasteiger partial charge on any atom is 0.130 e. The van der Waals surface area contributed by atoms with Gasteiger partial charge in [0.2, 0.25) is 0 Å². The van der Waals surface area contributed by atoms with Crippen LogP contribution in [-0.2, 0) is 6.54 Å². The van der Waals surface area contributed by atoms with Gasteiger partial charge in [-0.05, 0) is 37.6 Å². The fourth-order valence-electron chi connectivity index (χ4n) is 2.81. The van der Waals surface area contributed by atoms with Gasteiger partial charge in [-0.25, -0.2) is 4.98 Å². The number of fused-ring (bicyclic) bond motifs is 1. The Balaban J connectivity index is 1.96. The van der Waals surface area contributed by atoms with Crippen LogP contribution in [0.25, 0.3) is 10.9 Å². The molecule has 1 aromatic carbocycles. The Hall–Kier alpha value is -1.81. The third-order valence-corrected chi connectivity index (χ3v) is 4.18. The minimum absolute atomic E-state index is 0.770. The lowest BCUT2D eigenvalue weighted by molar-refractivity contribution is 0.269. The number of nitrogens with one attached hydrogen (secondary N) is 1. The number of ether oxygens (including phenoxy) is 1. The first-order chi connectivity index (χ1) is 10.2. The summed E-state index contributed by atoms with van der Waals surface area (Å²) >= 11 is 0. The van der Waals surface area contributed by atoms with Gasteiger partial charge in [0.15, 0.2) is 0 Å². The molecule has 0 bridgehead atoms. The molecule has 1 heterocycles. The molecule has 4 nitrogen and oxygen atoms in total. The molecule has 1 fully saturated rings. The molecule has 21 heavy (non-hydrogen) atoms. The molecule has 4 heteroatoms. The predicted molar refractivity (Wildman–Crippen MR) is 86.9 cm³/mol. The van der Waals surface area contributed by atoms with Gasteiger partial charge >= 0.3 is 0 Å². The fourth-order valence-corrected chi connectivity index (χ4v) is 2.81. The van der Waals surface area contributed by atoms with E-state index in [0.29, 0.717) is 0 Å². The molecular formula is C17H23N3O. The molecule has 0 aliphatic heterocycles. The van der Waals surface area contributed by atoms with E-state index in [9.17, 15) is 0 Å². The summed E-state index contributed by atoms with van der Waals surface area (Å²) in [6.07, 6.45) is 2.67. The van der Waals surface area contributed by atoms with Gasteiger partial charge in [0, 0.05) is 36.7 Å². The second kappa shape index (κ2) is 5.90. The van der Waals surface area contributed by atoms with Crippen molar-refractivity contribution < 1.29 is 4.74 Å². The van der Waals surface area contributed by atoms with Crippen LogP contribution in [0, 0.1) is 0 Å². The molecule has 0 unspecified atom stereocenters. The highest BCUT2D eigenvalue weighted by atomic mass is 16.5. The van der Waals surface area contributed by atoms with E-state index < -0.39 is 0 Å². The number of hydrogen-bond donors (Lipinski definition) is 1. The van der Waals surface area contributed by atoms with Gasteiger partial charge in [0.25, 0.3) is 0 Å². The molecule has 1 aliphatic rings. The standard InChI is InChI=1S/C17H23N3O/c1-4-20(14-6-7-14)11-13-9-12-5-8-15(21-3)10-16(12)19-17(13)18-2/h5,8-10,14H,4,6-7,11H2,1-3H3,(H,18,19). The summed E-state index contributed by atoms with van der Waals surface area (Å²) in [5, 5.41) is 4.40. The van der Waals surface area contributed by atoms with Gasteiger partial charge in [-0.1, -0.05) is 6.92 Å². The van der Waals surface area contributed by atoms with E-state index in [1.54, 1.807) is 7.11 Å². The number of nitrogens with zero attached hydrogens (tertiary/aromatic N) is 2. The monoisotopic (exact) mass is 285 g/mol. The van der Waals surface area contributed by atoms with Crippen molar-refractivity contribution in [2.75, 3.05) is 26.0 Å². The van der Waals surface area contributed by atoms with Gasteiger partial charge in [-0.2, -0.15) is 0 Å².